The molecule has 1 saturated carbocycles. The van der Waals surface area contributed by atoms with E-state index in [1.54, 1.807) is 0 Å². The third-order valence-corrected chi connectivity index (χ3v) is 3.31. The molecule has 0 aromatic rings. The van der Waals surface area contributed by atoms with Gasteiger partial charge in [-0.25, -0.2) is 0 Å². The van der Waals surface area contributed by atoms with Crippen LogP contribution in [0.5, 0.6) is 0 Å². The monoisotopic (exact) mass is 156 g/mol. The Morgan fingerprint density at radius 3 is 2.55 bits per heavy atom. The summed E-state index contributed by atoms with van der Waals surface area (Å²) in [4.78, 5) is 0. The van der Waals surface area contributed by atoms with Gasteiger partial charge in [0, 0.05) is 0 Å². The number of rotatable bonds is 2. The summed E-state index contributed by atoms with van der Waals surface area (Å²) in [7, 11) is 0. The Hall–Kier alpha value is -0.0800. The lowest BCUT2D eigenvalue weighted by Gasteiger charge is -2.13. The summed E-state index contributed by atoms with van der Waals surface area (Å²) in [5, 5.41) is 8.88. The highest BCUT2D eigenvalue weighted by atomic mass is 16.6. The number of aliphatic hydroxyl groups excluding tert-OH is 1. The van der Waals surface area contributed by atoms with Gasteiger partial charge in [0.15, 0.2) is 0 Å². The fourth-order valence-corrected chi connectivity index (χ4v) is 2.35. The zero-order chi connectivity index (χ0) is 7.90. The zero-order valence-corrected chi connectivity index (χ0v) is 7.05. The van der Waals surface area contributed by atoms with Crippen LogP contribution in [0.15, 0.2) is 0 Å². The maximum atomic E-state index is 8.88. The summed E-state index contributed by atoms with van der Waals surface area (Å²) < 4.78 is 5.49. The third kappa shape index (κ3) is 1.09. The first-order valence-electron chi connectivity index (χ1n) is 4.56. The van der Waals surface area contributed by atoms with E-state index in [4.69, 9.17) is 9.84 Å². The molecule has 0 amide bonds. The van der Waals surface area contributed by atoms with E-state index in [0.29, 0.717) is 0 Å². The lowest BCUT2D eigenvalue weighted by atomic mass is 9.89. The number of ether oxygens (including phenoxy) is 1. The Labute approximate surface area is 67.6 Å². The van der Waals surface area contributed by atoms with Gasteiger partial charge < -0.3 is 9.84 Å². The summed E-state index contributed by atoms with van der Waals surface area (Å²) in [5.74, 6) is 0.722. The molecule has 0 aromatic heterocycles. The molecule has 2 aliphatic rings. The molecule has 11 heavy (non-hydrogen) atoms. The Bertz CT molecular complexity index is 152. The SMILES string of the molecule is C[C@@]1(C2CCCC2)O[C@H]1CO. The number of epoxide rings is 1. The van der Waals surface area contributed by atoms with Crippen molar-refractivity contribution in [3.8, 4) is 0 Å². The van der Waals surface area contributed by atoms with E-state index in [1.807, 2.05) is 0 Å². The fourth-order valence-electron chi connectivity index (χ4n) is 2.35. The van der Waals surface area contributed by atoms with E-state index >= 15 is 0 Å². The van der Waals surface area contributed by atoms with Gasteiger partial charge in [-0.2, -0.15) is 0 Å². The molecule has 64 valence electrons. The van der Waals surface area contributed by atoms with E-state index in [2.05, 4.69) is 6.92 Å². The van der Waals surface area contributed by atoms with Crippen LogP contribution < -0.4 is 0 Å². The average Bonchev–Trinajstić information content (AvgIpc) is 2.55. The van der Waals surface area contributed by atoms with Gasteiger partial charge in [0.05, 0.1) is 12.2 Å². The molecule has 2 nitrogen and oxygen atoms in total. The summed E-state index contributed by atoms with van der Waals surface area (Å²) in [6.07, 6.45) is 5.44. The van der Waals surface area contributed by atoms with Crippen molar-refractivity contribution in [3.63, 3.8) is 0 Å². The van der Waals surface area contributed by atoms with E-state index in [9.17, 15) is 0 Å². The highest BCUT2D eigenvalue weighted by molar-refractivity contribution is 5.04. The lowest BCUT2D eigenvalue weighted by Crippen LogP contribution is -2.22. The van der Waals surface area contributed by atoms with Crippen LogP contribution in [0.2, 0.25) is 0 Å². The normalized spacial score (nSPS) is 44.7. The van der Waals surface area contributed by atoms with Crippen LogP contribution in [-0.4, -0.2) is 23.4 Å². The molecule has 0 unspecified atom stereocenters. The second kappa shape index (κ2) is 2.46. The fraction of sp³-hybridized carbons (Fsp3) is 1.00. The molecule has 1 saturated heterocycles. The predicted molar refractivity (Wildman–Crippen MR) is 42.3 cm³/mol. The molecule has 2 heteroatoms. The van der Waals surface area contributed by atoms with Crippen LogP contribution in [0.1, 0.15) is 32.6 Å². The smallest absolute Gasteiger partial charge is 0.110 e. The minimum Gasteiger partial charge on any atom is -0.394 e. The van der Waals surface area contributed by atoms with Crippen LogP contribution in [0, 0.1) is 5.92 Å². The van der Waals surface area contributed by atoms with E-state index < -0.39 is 0 Å². The molecule has 0 bridgehead atoms. The molecule has 0 spiro atoms. The van der Waals surface area contributed by atoms with Crippen molar-refractivity contribution < 1.29 is 9.84 Å². The van der Waals surface area contributed by atoms with Crippen molar-refractivity contribution >= 4 is 0 Å². The molecule has 0 radical (unpaired) electrons. The van der Waals surface area contributed by atoms with Crippen LogP contribution >= 0.6 is 0 Å². The van der Waals surface area contributed by atoms with Crippen LogP contribution in [0.4, 0.5) is 0 Å². The van der Waals surface area contributed by atoms with Crippen molar-refractivity contribution in [2.45, 2.75) is 44.3 Å². The Morgan fingerprint density at radius 2 is 2.09 bits per heavy atom. The first-order chi connectivity index (χ1) is 5.27. The minimum absolute atomic E-state index is 0.0469. The maximum Gasteiger partial charge on any atom is 0.110 e. The van der Waals surface area contributed by atoms with E-state index in [-0.39, 0.29) is 18.3 Å². The van der Waals surface area contributed by atoms with E-state index in [1.165, 1.54) is 25.7 Å². The molecule has 1 heterocycles. The highest BCUT2D eigenvalue weighted by Crippen LogP contribution is 2.48. The molecular formula is C9H16O2. The second-order valence-corrected chi connectivity index (χ2v) is 3.95. The highest BCUT2D eigenvalue weighted by Gasteiger charge is 2.57. The van der Waals surface area contributed by atoms with E-state index in [0.717, 1.165) is 5.92 Å². The molecule has 1 aliphatic heterocycles. The first-order valence-corrected chi connectivity index (χ1v) is 4.56. The molecule has 1 aliphatic carbocycles. The van der Waals surface area contributed by atoms with Crippen LogP contribution in [0.3, 0.4) is 0 Å². The summed E-state index contributed by atoms with van der Waals surface area (Å²) in [5.41, 5.74) is 0.0469. The molecule has 0 aromatic carbocycles. The molecule has 2 atom stereocenters. The second-order valence-electron chi connectivity index (χ2n) is 3.95. The van der Waals surface area contributed by atoms with Crippen LogP contribution in [-0.2, 0) is 4.74 Å². The summed E-state index contributed by atoms with van der Waals surface area (Å²) >= 11 is 0. The van der Waals surface area contributed by atoms with Gasteiger partial charge >= 0.3 is 0 Å². The average molecular weight is 156 g/mol. The molecule has 1 N–H and O–H groups in total. The van der Waals surface area contributed by atoms with Gasteiger partial charge in [-0.05, 0) is 25.7 Å². The zero-order valence-electron chi connectivity index (χ0n) is 7.05. The van der Waals surface area contributed by atoms with Gasteiger partial charge in [-0.1, -0.05) is 12.8 Å². The van der Waals surface area contributed by atoms with Gasteiger partial charge in [-0.15, -0.1) is 0 Å². The van der Waals surface area contributed by atoms with Crippen molar-refractivity contribution in [1.29, 1.82) is 0 Å². The van der Waals surface area contributed by atoms with Gasteiger partial charge in [0.25, 0.3) is 0 Å². The van der Waals surface area contributed by atoms with Gasteiger partial charge in [0.1, 0.15) is 6.10 Å². The van der Waals surface area contributed by atoms with Gasteiger partial charge in [-0.3, -0.25) is 0 Å². The summed E-state index contributed by atoms with van der Waals surface area (Å²) in [6, 6.07) is 0. The molecular weight excluding hydrogens is 140 g/mol. The van der Waals surface area contributed by atoms with Gasteiger partial charge in [0.2, 0.25) is 0 Å². The topological polar surface area (TPSA) is 32.8 Å². The molecule has 2 fully saturated rings. The van der Waals surface area contributed by atoms with Crippen LogP contribution in [0.25, 0.3) is 0 Å². The lowest BCUT2D eigenvalue weighted by molar-refractivity contribution is 0.217. The Morgan fingerprint density at radius 1 is 1.45 bits per heavy atom. The minimum atomic E-state index is 0.0469. The van der Waals surface area contributed by atoms with Crippen molar-refractivity contribution in [2.24, 2.45) is 5.92 Å². The maximum absolute atomic E-state index is 8.88. The largest absolute Gasteiger partial charge is 0.394 e. The first kappa shape index (κ1) is 7.56. The number of aliphatic hydroxyl groups is 1. The number of hydrogen-bond acceptors (Lipinski definition) is 2. The molecule has 2 rings (SSSR count). The Balaban J connectivity index is 1.94. The standard InChI is InChI=1S/C9H16O2/c1-9(8(6-10)11-9)7-4-2-3-5-7/h7-8,10H,2-6H2,1H3/t8-,9-/m0/s1. The quantitative estimate of drug-likeness (QED) is 0.612. The third-order valence-electron chi connectivity index (χ3n) is 3.31. The summed E-state index contributed by atoms with van der Waals surface area (Å²) in [6.45, 7) is 2.34. The number of hydrogen-bond donors (Lipinski definition) is 1. The Kier molecular flexibility index (Phi) is 1.69. The predicted octanol–water partition coefficient (Wildman–Crippen LogP) is 1.33. The van der Waals surface area contributed by atoms with Crippen molar-refractivity contribution in [3.05, 3.63) is 0 Å². The van der Waals surface area contributed by atoms with Crippen molar-refractivity contribution in [1.82, 2.24) is 0 Å². The van der Waals surface area contributed by atoms with Crippen molar-refractivity contribution in [2.75, 3.05) is 6.61 Å².